The number of hydrogen-bond donors (Lipinski definition) is 1. The maximum atomic E-state index is 13.1. The third-order valence-electron chi connectivity index (χ3n) is 5.77. The highest BCUT2D eigenvalue weighted by molar-refractivity contribution is 6.31. The number of pyridine rings is 1. The fourth-order valence-corrected chi connectivity index (χ4v) is 4.24. The minimum absolute atomic E-state index is 0.0304. The standard InChI is InChI=1S/C26H27ClF3N5O5/c1-25(2,3)40-24(37)35-14-18(32-21(36)16-11-15-5-6-17(27)12-19(15)31-13-16)7-8-20(35)22-33-34-23(39-22)38-10-4-9-26(28,29)30/h4-6,9,11-13,18,20H,7-8,10,14H2,1-3H3,(H,32,36)/b9-4+/t18-,20+/m0/s1. The van der Waals surface area contributed by atoms with E-state index in [0.29, 0.717) is 28.9 Å². The van der Waals surface area contributed by atoms with Crippen LogP contribution in [0.1, 0.15) is 55.9 Å². The predicted molar refractivity (Wildman–Crippen MR) is 138 cm³/mol. The molecule has 1 fully saturated rings. The first-order valence-corrected chi connectivity index (χ1v) is 12.7. The Balaban J connectivity index is 1.46. The number of piperidine rings is 1. The third kappa shape index (κ3) is 7.84. The molecule has 40 heavy (non-hydrogen) atoms. The van der Waals surface area contributed by atoms with E-state index in [1.165, 1.54) is 11.1 Å². The number of carbonyl (C=O) groups excluding carboxylic acids is 2. The maximum absolute atomic E-state index is 13.1. The minimum atomic E-state index is -4.47. The second-order valence-electron chi connectivity index (χ2n) is 10.1. The largest absolute Gasteiger partial charge is 0.445 e. The summed E-state index contributed by atoms with van der Waals surface area (Å²) in [6, 6.07) is 5.75. The number of rotatable bonds is 6. The molecule has 0 saturated carbocycles. The van der Waals surface area contributed by atoms with Gasteiger partial charge in [0.15, 0.2) is 0 Å². The van der Waals surface area contributed by atoms with Crippen LogP contribution in [0, 0.1) is 0 Å². The Morgan fingerprint density at radius 1 is 1.20 bits per heavy atom. The van der Waals surface area contributed by atoms with Gasteiger partial charge in [0, 0.05) is 35.3 Å². The first-order valence-electron chi connectivity index (χ1n) is 12.3. The molecule has 3 aromatic rings. The Bertz CT molecular complexity index is 1410. The molecule has 4 rings (SSSR count). The molecule has 1 aliphatic heterocycles. The summed E-state index contributed by atoms with van der Waals surface area (Å²) in [5, 5.41) is 11.9. The predicted octanol–water partition coefficient (Wildman–Crippen LogP) is 5.64. The molecular weight excluding hydrogens is 555 g/mol. The van der Waals surface area contributed by atoms with Crippen LogP contribution in [0.4, 0.5) is 18.0 Å². The number of amides is 2. The van der Waals surface area contributed by atoms with Crippen LogP contribution in [-0.4, -0.2) is 63.1 Å². The Kier molecular flexibility index (Phi) is 8.52. The van der Waals surface area contributed by atoms with Crippen LogP contribution in [0.5, 0.6) is 6.08 Å². The monoisotopic (exact) mass is 581 g/mol. The average molecular weight is 582 g/mol. The van der Waals surface area contributed by atoms with Crippen molar-refractivity contribution in [2.45, 2.75) is 57.5 Å². The first-order chi connectivity index (χ1) is 18.8. The van der Waals surface area contributed by atoms with Crippen molar-refractivity contribution in [2.24, 2.45) is 0 Å². The van der Waals surface area contributed by atoms with Crippen LogP contribution in [0.2, 0.25) is 5.02 Å². The molecule has 1 aliphatic rings. The highest BCUT2D eigenvalue weighted by Crippen LogP contribution is 2.33. The zero-order chi connectivity index (χ0) is 29.1. The summed E-state index contributed by atoms with van der Waals surface area (Å²) in [4.78, 5) is 31.8. The highest BCUT2D eigenvalue weighted by Gasteiger charge is 2.39. The zero-order valence-electron chi connectivity index (χ0n) is 21.9. The summed E-state index contributed by atoms with van der Waals surface area (Å²) in [6.45, 7) is 4.80. The number of carbonyl (C=O) groups is 2. The lowest BCUT2D eigenvalue weighted by molar-refractivity contribution is -0.0802. The average Bonchev–Trinajstić information content (AvgIpc) is 3.33. The van der Waals surface area contributed by atoms with Crippen molar-refractivity contribution in [1.29, 1.82) is 0 Å². The summed E-state index contributed by atoms with van der Waals surface area (Å²) in [6.07, 6.45) is -2.42. The van der Waals surface area contributed by atoms with Crippen molar-refractivity contribution in [1.82, 2.24) is 25.4 Å². The molecule has 3 heterocycles. The highest BCUT2D eigenvalue weighted by atomic mass is 35.5. The molecule has 214 valence electrons. The number of halogens is 4. The molecular formula is C26H27ClF3N5O5. The number of nitrogens with zero attached hydrogens (tertiary/aromatic N) is 4. The van der Waals surface area contributed by atoms with Gasteiger partial charge in [0.25, 0.3) is 5.91 Å². The summed E-state index contributed by atoms with van der Waals surface area (Å²) >= 11 is 6.01. The minimum Gasteiger partial charge on any atom is -0.445 e. The lowest BCUT2D eigenvalue weighted by Crippen LogP contribution is -2.52. The van der Waals surface area contributed by atoms with Crippen LogP contribution >= 0.6 is 11.6 Å². The maximum Gasteiger partial charge on any atom is 0.415 e. The van der Waals surface area contributed by atoms with E-state index in [9.17, 15) is 22.8 Å². The molecule has 0 spiro atoms. The fourth-order valence-electron chi connectivity index (χ4n) is 4.07. The Morgan fingerprint density at radius 2 is 1.98 bits per heavy atom. The van der Waals surface area contributed by atoms with Crippen molar-refractivity contribution in [2.75, 3.05) is 13.2 Å². The Hall–Kier alpha value is -3.87. The Morgan fingerprint density at radius 3 is 2.70 bits per heavy atom. The van der Waals surface area contributed by atoms with E-state index < -0.39 is 36.6 Å². The van der Waals surface area contributed by atoms with E-state index in [4.69, 9.17) is 25.5 Å². The van der Waals surface area contributed by atoms with Crippen LogP contribution in [0.25, 0.3) is 10.9 Å². The van der Waals surface area contributed by atoms with Crippen molar-refractivity contribution < 1.29 is 36.7 Å². The number of likely N-dealkylation sites (tertiary alicyclic amines) is 1. The van der Waals surface area contributed by atoms with Gasteiger partial charge in [-0.2, -0.15) is 13.2 Å². The van der Waals surface area contributed by atoms with Gasteiger partial charge in [0.2, 0.25) is 5.89 Å². The van der Waals surface area contributed by atoms with Gasteiger partial charge in [0.1, 0.15) is 18.2 Å². The fraction of sp³-hybridized carbons (Fsp3) is 0.423. The molecule has 2 atom stereocenters. The molecule has 2 amide bonds. The van der Waals surface area contributed by atoms with Crippen molar-refractivity contribution >= 4 is 34.5 Å². The molecule has 1 saturated heterocycles. The SMILES string of the molecule is CC(C)(C)OC(=O)N1C[C@@H](NC(=O)c2cnc3cc(Cl)ccc3c2)CC[C@@H]1c1nnc(OC/C=C/C(F)(F)F)o1. The normalized spacial score (nSPS) is 18.2. The lowest BCUT2D eigenvalue weighted by Gasteiger charge is -2.38. The molecule has 1 aromatic carbocycles. The summed E-state index contributed by atoms with van der Waals surface area (Å²) in [5.74, 6) is -0.333. The lowest BCUT2D eigenvalue weighted by atomic mass is 9.98. The van der Waals surface area contributed by atoms with Gasteiger partial charge >= 0.3 is 18.3 Å². The van der Waals surface area contributed by atoms with E-state index >= 15 is 0 Å². The smallest absolute Gasteiger partial charge is 0.415 e. The van der Waals surface area contributed by atoms with E-state index in [2.05, 4.69) is 20.5 Å². The van der Waals surface area contributed by atoms with Gasteiger partial charge in [-0.1, -0.05) is 22.8 Å². The molecule has 0 radical (unpaired) electrons. The van der Waals surface area contributed by atoms with E-state index in [-0.39, 0.29) is 30.5 Å². The van der Waals surface area contributed by atoms with Crippen molar-refractivity contribution in [3.05, 3.63) is 59.1 Å². The quantitative estimate of drug-likeness (QED) is 0.371. The van der Waals surface area contributed by atoms with Gasteiger partial charge in [-0.3, -0.25) is 14.7 Å². The van der Waals surface area contributed by atoms with E-state index in [0.717, 1.165) is 11.5 Å². The third-order valence-corrected chi connectivity index (χ3v) is 6.01. The molecule has 0 bridgehead atoms. The van der Waals surface area contributed by atoms with Crippen LogP contribution in [0.3, 0.4) is 0 Å². The van der Waals surface area contributed by atoms with Crippen LogP contribution in [0.15, 0.2) is 47.0 Å². The van der Waals surface area contributed by atoms with Crippen molar-refractivity contribution in [3.63, 3.8) is 0 Å². The molecule has 14 heteroatoms. The van der Waals surface area contributed by atoms with E-state index in [1.54, 1.807) is 45.0 Å². The zero-order valence-corrected chi connectivity index (χ0v) is 22.6. The van der Waals surface area contributed by atoms with E-state index in [1.807, 2.05) is 0 Å². The molecule has 0 unspecified atom stereocenters. The molecule has 10 nitrogen and oxygen atoms in total. The first kappa shape index (κ1) is 29.1. The van der Waals surface area contributed by atoms with Gasteiger partial charge in [-0.25, -0.2) is 4.79 Å². The summed E-state index contributed by atoms with van der Waals surface area (Å²) in [5.41, 5.74) is 0.199. The van der Waals surface area contributed by atoms with Crippen LogP contribution in [-0.2, 0) is 4.74 Å². The number of fused-ring (bicyclic) bond motifs is 1. The van der Waals surface area contributed by atoms with Crippen molar-refractivity contribution in [3.8, 4) is 6.08 Å². The second kappa shape index (κ2) is 11.7. The molecule has 1 N–H and O–H groups in total. The van der Waals surface area contributed by atoms with Gasteiger partial charge in [-0.15, -0.1) is 5.10 Å². The number of ether oxygens (including phenoxy) is 2. The second-order valence-corrected chi connectivity index (χ2v) is 10.6. The van der Waals surface area contributed by atoms with Gasteiger partial charge < -0.3 is 19.2 Å². The van der Waals surface area contributed by atoms with Gasteiger partial charge in [0.05, 0.1) is 11.1 Å². The topological polar surface area (TPSA) is 120 Å². The Labute approximate surface area is 232 Å². The molecule has 0 aliphatic carbocycles. The summed E-state index contributed by atoms with van der Waals surface area (Å²) in [7, 11) is 0. The number of hydrogen-bond acceptors (Lipinski definition) is 8. The molecule has 2 aromatic heterocycles. The number of alkyl halides is 3. The number of nitrogens with one attached hydrogen (secondary N) is 1. The van der Waals surface area contributed by atoms with Crippen LogP contribution < -0.4 is 10.1 Å². The summed E-state index contributed by atoms with van der Waals surface area (Å²) < 4.78 is 52.9. The van der Waals surface area contributed by atoms with Gasteiger partial charge in [-0.05, 0) is 57.9 Å². The number of aromatic nitrogens is 3. The number of allylic oxidation sites excluding steroid dienone is 1. The number of benzene rings is 1.